The van der Waals surface area contributed by atoms with Crippen molar-refractivity contribution in [2.24, 2.45) is 5.73 Å². The second-order valence-electron chi connectivity index (χ2n) is 9.20. The number of ether oxygens (including phenoxy) is 1. The predicted molar refractivity (Wildman–Crippen MR) is 124 cm³/mol. The summed E-state index contributed by atoms with van der Waals surface area (Å²) < 4.78 is 16.8. The average molecular weight is 444 g/mol. The Labute approximate surface area is 189 Å². The minimum Gasteiger partial charge on any atom is -0.483 e. The maximum absolute atomic E-state index is 11.1. The Morgan fingerprint density at radius 1 is 1.16 bits per heavy atom. The third kappa shape index (κ3) is 11.3. The van der Waals surface area contributed by atoms with Gasteiger partial charge in [-0.2, -0.15) is 0 Å². The maximum Gasteiger partial charge on any atom is 0.457 e. The summed E-state index contributed by atoms with van der Waals surface area (Å²) in [6.45, 7) is 11.9. The maximum atomic E-state index is 11.1. The van der Waals surface area contributed by atoms with Gasteiger partial charge in [-0.3, -0.25) is 9.59 Å². The Bertz CT molecular complexity index is 473. The van der Waals surface area contributed by atoms with Gasteiger partial charge in [0.05, 0.1) is 11.2 Å². The Morgan fingerprint density at radius 2 is 1.74 bits per heavy atom. The van der Waals surface area contributed by atoms with Gasteiger partial charge in [0.15, 0.2) is 0 Å². The molecular weight excluding hydrogens is 399 g/mol. The number of rotatable bonds is 9. The molecule has 1 amide bonds. The number of hydrogen-bond donors (Lipinski definition) is 2. The highest BCUT2D eigenvalue weighted by molar-refractivity contribution is 6.45. The summed E-state index contributed by atoms with van der Waals surface area (Å²) in [5.74, 6) is 0. The number of methoxy groups -OCH3 is 1. The molecule has 2 rings (SSSR count). The van der Waals surface area contributed by atoms with Crippen molar-refractivity contribution in [1.29, 1.82) is 0 Å². The first-order valence-corrected chi connectivity index (χ1v) is 11.5. The van der Waals surface area contributed by atoms with Gasteiger partial charge in [0.25, 0.3) is 6.47 Å². The van der Waals surface area contributed by atoms with Crippen LogP contribution in [0.2, 0.25) is 6.32 Å². The second kappa shape index (κ2) is 15.6. The molecule has 0 aromatic heterocycles. The number of unbranched alkanes of at least 4 members (excludes halogenated alkanes) is 2. The SMILES string of the molecule is CC1(C)OB(CCCC[C@H]2C[C@@H](N)CCN2C=O)OC1(C)C.CCCCOC.O=CO. The van der Waals surface area contributed by atoms with E-state index in [0.717, 1.165) is 58.0 Å². The van der Waals surface area contributed by atoms with E-state index in [-0.39, 0.29) is 30.8 Å². The lowest BCUT2D eigenvalue weighted by Gasteiger charge is -2.36. The fraction of sp³-hybridized carbons (Fsp3) is 0.909. The molecule has 2 fully saturated rings. The Kier molecular flexibility index (Phi) is 15.0. The summed E-state index contributed by atoms with van der Waals surface area (Å²) in [7, 11) is 1.62. The number of nitrogens with two attached hydrogens (primary N) is 1. The van der Waals surface area contributed by atoms with Crippen molar-refractivity contribution in [2.45, 2.75) is 109 Å². The summed E-state index contributed by atoms with van der Waals surface area (Å²) >= 11 is 0. The van der Waals surface area contributed by atoms with Gasteiger partial charge in [-0.1, -0.05) is 26.2 Å². The van der Waals surface area contributed by atoms with Gasteiger partial charge in [-0.05, 0) is 59.7 Å². The van der Waals surface area contributed by atoms with Crippen LogP contribution in [0.4, 0.5) is 0 Å². The van der Waals surface area contributed by atoms with E-state index in [9.17, 15) is 4.79 Å². The van der Waals surface area contributed by atoms with Crippen molar-refractivity contribution in [1.82, 2.24) is 4.90 Å². The van der Waals surface area contributed by atoms with Gasteiger partial charge in [0.1, 0.15) is 0 Å². The lowest BCUT2D eigenvalue weighted by molar-refractivity contribution is -0.123. The van der Waals surface area contributed by atoms with E-state index < -0.39 is 0 Å². The highest BCUT2D eigenvalue weighted by Gasteiger charge is 2.50. The number of carbonyl (C=O) groups excluding carboxylic acids is 1. The van der Waals surface area contributed by atoms with Crippen LogP contribution in [-0.4, -0.2) is 73.6 Å². The lowest BCUT2D eigenvalue weighted by Crippen LogP contribution is -2.46. The van der Waals surface area contributed by atoms with Crippen molar-refractivity contribution in [2.75, 3.05) is 20.3 Å². The van der Waals surface area contributed by atoms with Crippen molar-refractivity contribution in [3.05, 3.63) is 0 Å². The molecular formula is C22H45BN2O6. The van der Waals surface area contributed by atoms with Crippen molar-refractivity contribution >= 4 is 20.0 Å². The van der Waals surface area contributed by atoms with Gasteiger partial charge in [-0.15, -0.1) is 0 Å². The largest absolute Gasteiger partial charge is 0.483 e. The van der Waals surface area contributed by atoms with Gasteiger partial charge >= 0.3 is 7.12 Å². The second-order valence-corrected chi connectivity index (χ2v) is 9.20. The number of hydrogen-bond acceptors (Lipinski definition) is 6. The molecule has 0 aromatic rings. The quantitative estimate of drug-likeness (QED) is 0.319. The van der Waals surface area contributed by atoms with Gasteiger partial charge in [-0.25, -0.2) is 0 Å². The average Bonchev–Trinajstić information content (AvgIpc) is 2.91. The monoisotopic (exact) mass is 444 g/mol. The minimum atomic E-state index is -0.250. The molecule has 2 atom stereocenters. The highest BCUT2D eigenvalue weighted by atomic mass is 16.7. The summed E-state index contributed by atoms with van der Waals surface area (Å²) in [5.41, 5.74) is 5.53. The Balaban J connectivity index is 0.000000848. The first-order valence-electron chi connectivity index (χ1n) is 11.5. The molecule has 31 heavy (non-hydrogen) atoms. The third-order valence-electron chi connectivity index (χ3n) is 6.17. The number of carboxylic acid groups (broad SMARTS) is 1. The van der Waals surface area contributed by atoms with E-state index in [1.165, 1.54) is 12.8 Å². The molecule has 9 heteroatoms. The smallest absolute Gasteiger partial charge is 0.457 e. The van der Waals surface area contributed by atoms with Crippen LogP contribution in [0.1, 0.15) is 79.6 Å². The number of piperidine rings is 1. The van der Waals surface area contributed by atoms with Gasteiger partial charge in [0.2, 0.25) is 6.41 Å². The number of carbonyl (C=O) groups is 2. The van der Waals surface area contributed by atoms with Crippen molar-refractivity contribution in [3.8, 4) is 0 Å². The van der Waals surface area contributed by atoms with Gasteiger partial charge < -0.3 is 29.8 Å². The molecule has 2 heterocycles. The molecule has 8 nitrogen and oxygen atoms in total. The van der Waals surface area contributed by atoms with Crippen molar-refractivity contribution < 1.29 is 28.7 Å². The number of likely N-dealkylation sites (tertiary alicyclic amines) is 1. The van der Waals surface area contributed by atoms with E-state index in [2.05, 4.69) is 34.6 Å². The van der Waals surface area contributed by atoms with E-state index in [1.807, 2.05) is 4.90 Å². The Morgan fingerprint density at radius 3 is 2.19 bits per heavy atom. The fourth-order valence-electron chi connectivity index (χ4n) is 3.59. The molecule has 0 unspecified atom stereocenters. The Hall–Kier alpha value is -1.16. The zero-order valence-electron chi connectivity index (χ0n) is 20.5. The van der Waals surface area contributed by atoms with Crippen LogP contribution >= 0.6 is 0 Å². The molecule has 0 saturated carbocycles. The molecule has 0 bridgehead atoms. The number of amides is 1. The van der Waals surface area contributed by atoms with Crippen LogP contribution < -0.4 is 5.73 Å². The van der Waals surface area contributed by atoms with Crippen molar-refractivity contribution in [3.63, 3.8) is 0 Å². The number of nitrogens with zero attached hydrogens (tertiary/aromatic N) is 1. The summed E-state index contributed by atoms with van der Waals surface area (Å²) in [4.78, 5) is 21.4. The molecule has 0 aliphatic carbocycles. The van der Waals surface area contributed by atoms with Crippen LogP contribution in [0.5, 0.6) is 0 Å². The minimum absolute atomic E-state index is 0.110. The normalized spacial score (nSPS) is 23.8. The summed E-state index contributed by atoms with van der Waals surface area (Å²) in [6.07, 6.45) is 9.30. The molecule has 182 valence electrons. The summed E-state index contributed by atoms with van der Waals surface area (Å²) in [6, 6.07) is 0.545. The zero-order chi connectivity index (χ0) is 23.9. The van der Waals surface area contributed by atoms with E-state index >= 15 is 0 Å². The van der Waals surface area contributed by atoms with E-state index in [4.69, 9.17) is 29.7 Å². The molecule has 0 radical (unpaired) electrons. The molecule has 0 aromatic carbocycles. The van der Waals surface area contributed by atoms with E-state index in [0.29, 0.717) is 6.04 Å². The van der Waals surface area contributed by atoms with Crippen LogP contribution in [0, 0.1) is 0 Å². The first-order chi connectivity index (χ1) is 14.6. The van der Waals surface area contributed by atoms with Crippen LogP contribution in [-0.2, 0) is 23.6 Å². The lowest BCUT2D eigenvalue weighted by atomic mass is 9.81. The van der Waals surface area contributed by atoms with E-state index in [1.54, 1.807) is 7.11 Å². The molecule has 3 N–H and O–H groups in total. The van der Waals surface area contributed by atoms with Gasteiger partial charge in [0, 0.05) is 32.3 Å². The molecule has 2 aliphatic heterocycles. The van der Waals surface area contributed by atoms with Crippen LogP contribution in [0.15, 0.2) is 0 Å². The zero-order valence-corrected chi connectivity index (χ0v) is 20.5. The molecule has 2 aliphatic rings. The highest BCUT2D eigenvalue weighted by Crippen LogP contribution is 2.38. The fourth-order valence-corrected chi connectivity index (χ4v) is 3.59. The molecule has 2 saturated heterocycles. The van der Waals surface area contributed by atoms with Crippen LogP contribution in [0.3, 0.4) is 0 Å². The third-order valence-corrected chi connectivity index (χ3v) is 6.17. The van der Waals surface area contributed by atoms with Crippen LogP contribution in [0.25, 0.3) is 0 Å². The molecule has 0 spiro atoms. The first kappa shape index (κ1) is 29.8. The summed E-state index contributed by atoms with van der Waals surface area (Å²) in [5, 5.41) is 6.89. The standard InChI is InChI=1S/C16H31BN2O3.C5H12O.CH2O2/c1-15(2)16(3,4)22-17(21-15)9-6-5-7-14-11-13(18)8-10-19(14)12-20;1-3-4-5-6-2;2-1-3/h12-14H,5-11,18H2,1-4H3;3-5H2,1-2H3;1H,(H,2,3)/t13-,14-;;/m0../s1. The topological polar surface area (TPSA) is 111 Å². The predicted octanol–water partition coefficient (Wildman–Crippen LogP) is 3.33.